The monoisotopic (exact) mass is 387 g/mol. The average Bonchev–Trinajstić information content (AvgIpc) is 3.12. The molecule has 1 N–H and O–H groups in total. The van der Waals surface area contributed by atoms with E-state index in [4.69, 9.17) is 12.2 Å². The maximum atomic E-state index is 12.6. The van der Waals surface area contributed by atoms with Crippen LogP contribution in [0.25, 0.3) is 0 Å². The minimum absolute atomic E-state index is 0.424. The number of sulfonamides is 1. The van der Waals surface area contributed by atoms with Crippen LogP contribution in [0.5, 0.6) is 0 Å². The molecule has 1 aliphatic heterocycles. The van der Waals surface area contributed by atoms with E-state index < -0.39 is 10.0 Å². The number of hydrogen-bond acceptors (Lipinski definition) is 4. The number of nitrogens with one attached hydrogen (secondary N) is 1. The van der Waals surface area contributed by atoms with Crippen LogP contribution in [0.3, 0.4) is 0 Å². The molecule has 3 rings (SSSR count). The Labute approximate surface area is 154 Å². The minimum Gasteiger partial charge on any atom is -0.360 e. The summed E-state index contributed by atoms with van der Waals surface area (Å²) in [7, 11) is -3.34. The maximum Gasteiger partial charge on any atom is 0.252 e. The van der Waals surface area contributed by atoms with Crippen LogP contribution in [0.15, 0.2) is 21.7 Å². The Bertz CT molecular complexity index is 652. The van der Waals surface area contributed by atoms with Crippen LogP contribution in [-0.2, 0) is 10.0 Å². The van der Waals surface area contributed by atoms with Crippen molar-refractivity contribution < 1.29 is 8.42 Å². The van der Waals surface area contributed by atoms with E-state index in [1.54, 1.807) is 21.8 Å². The molecule has 8 heteroatoms. The van der Waals surface area contributed by atoms with Crippen LogP contribution >= 0.6 is 23.6 Å². The van der Waals surface area contributed by atoms with Gasteiger partial charge in [-0.3, -0.25) is 0 Å². The minimum atomic E-state index is -3.34. The van der Waals surface area contributed by atoms with Gasteiger partial charge in [0, 0.05) is 32.2 Å². The lowest BCUT2D eigenvalue weighted by Gasteiger charge is -2.38. The van der Waals surface area contributed by atoms with Gasteiger partial charge in [0.15, 0.2) is 5.11 Å². The zero-order chi connectivity index (χ0) is 17.2. The molecule has 0 aromatic carbocycles. The SMILES string of the molecule is C[C@@H]1CCCC[C@H]1NC(=S)N1CCN(S(=O)(=O)c2cccs2)CC1. The van der Waals surface area contributed by atoms with Crippen LogP contribution < -0.4 is 5.32 Å². The van der Waals surface area contributed by atoms with Crippen molar-refractivity contribution in [3.63, 3.8) is 0 Å². The van der Waals surface area contributed by atoms with Gasteiger partial charge >= 0.3 is 0 Å². The Morgan fingerprint density at radius 1 is 1.25 bits per heavy atom. The summed E-state index contributed by atoms with van der Waals surface area (Å²) in [6, 6.07) is 3.90. The van der Waals surface area contributed by atoms with E-state index in [0.29, 0.717) is 42.3 Å². The largest absolute Gasteiger partial charge is 0.360 e. The fraction of sp³-hybridized carbons (Fsp3) is 0.688. The second kappa shape index (κ2) is 7.68. The van der Waals surface area contributed by atoms with E-state index in [1.165, 1.54) is 37.0 Å². The fourth-order valence-corrected chi connectivity index (χ4v) is 6.35. The molecule has 2 fully saturated rings. The first kappa shape index (κ1) is 18.1. The molecule has 0 radical (unpaired) electrons. The van der Waals surface area contributed by atoms with E-state index in [0.717, 1.165) is 5.11 Å². The highest BCUT2D eigenvalue weighted by Gasteiger charge is 2.31. The van der Waals surface area contributed by atoms with Crippen molar-refractivity contribution in [3.05, 3.63) is 17.5 Å². The first-order chi connectivity index (χ1) is 11.5. The number of thiocarbonyl (C=S) groups is 1. The lowest BCUT2D eigenvalue weighted by molar-refractivity contribution is 0.251. The predicted molar refractivity (Wildman–Crippen MR) is 102 cm³/mol. The number of thiophene rings is 1. The molecule has 2 heterocycles. The molecule has 1 aliphatic carbocycles. The van der Waals surface area contributed by atoms with Crippen LogP contribution in [0.2, 0.25) is 0 Å². The molecule has 1 aromatic rings. The number of hydrogen-bond donors (Lipinski definition) is 1. The molecule has 0 spiro atoms. The molecule has 24 heavy (non-hydrogen) atoms. The first-order valence-electron chi connectivity index (χ1n) is 8.57. The lowest BCUT2D eigenvalue weighted by Crippen LogP contribution is -2.55. The molecule has 1 aromatic heterocycles. The van der Waals surface area contributed by atoms with Crippen LogP contribution in [-0.4, -0.2) is 55.0 Å². The van der Waals surface area contributed by atoms with Gasteiger partial charge in [-0.25, -0.2) is 8.42 Å². The van der Waals surface area contributed by atoms with Gasteiger partial charge in [0.1, 0.15) is 4.21 Å². The molecule has 1 saturated heterocycles. The van der Waals surface area contributed by atoms with Crippen LogP contribution in [0.1, 0.15) is 32.6 Å². The standard InChI is InChI=1S/C16H25N3O2S3/c1-13-5-2-3-6-14(13)17-16(22)18-8-10-19(11-9-18)24(20,21)15-7-4-12-23-15/h4,7,12-14H,2-3,5-6,8-11H2,1H3,(H,17,22)/t13-,14-/m1/s1. The molecule has 5 nitrogen and oxygen atoms in total. The molecular weight excluding hydrogens is 362 g/mol. The van der Waals surface area contributed by atoms with Gasteiger partial charge in [-0.15, -0.1) is 11.3 Å². The van der Waals surface area contributed by atoms with E-state index in [9.17, 15) is 8.42 Å². The third kappa shape index (κ3) is 3.92. The lowest BCUT2D eigenvalue weighted by atomic mass is 9.86. The van der Waals surface area contributed by atoms with E-state index in [2.05, 4.69) is 17.1 Å². The number of nitrogens with zero attached hydrogens (tertiary/aromatic N) is 2. The molecule has 2 aliphatic rings. The van der Waals surface area contributed by atoms with Gasteiger partial charge in [-0.05, 0) is 42.4 Å². The Morgan fingerprint density at radius 3 is 2.58 bits per heavy atom. The van der Waals surface area contributed by atoms with Crippen molar-refractivity contribution in [1.82, 2.24) is 14.5 Å². The Morgan fingerprint density at radius 2 is 1.96 bits per heavy atom. The van der Waals surface area contributed by atoms with Crippen molar-refractivity contribution in [1.29, 1.82) is 0 Å². The van der Waals surface area contributed by atoms with Crippen molar-refractivity contribution in [3.8, 4) is 0 Å². The van der Waals surface area contributed by atoms with Crippen LogP contribution in [0.4, 0.5) is 0 Å². The molecule has 134 valence electrons. The van der Waals surface area contributed by atoms with Gasteiger partial charge in [0.25, 0.3) is 10.0 Å². The summed E-state index contributed by atoms with van der Waals surface area (Å²) in [5.41, 5.74) is 0. The van der Waals surface area contributed by atoms with Crippen molar-refractivity contribution >= 4 is 38.7 Å². The van der Waals surface area contributed by atoms with Crippen molar-refractivity contribution in [2.75, 3.05) is 26.2 Å². The average molecular weight is 388 g/mol. The summed E-state index contributed by atoms with van der Waals surface area (Å²) in [6.45, 7) is 4.56. The van der Waals surface area contributed by atoms with Crippen molar-refractivity contribution in [2.45, 2.75) is 42.9 Å². The summed E-state index contributed by atoms with van der Waals surface area (Å²) in [6.07, 6.45) is 5.00. The topological polar surface area (TPSA) is 52.6 Å². The Kier molecular flexibility index (Phi) is 5.79. The second-order valence-corrected chi connectivity index (χ2v) is 10.1. The first-order valence-corrected chi connectivity index (χ1v) is 11.3. The molecule has 0 bridgehead atoms. The Hall–Kier alpha value is -0.700. The van der Waals surface area contributed by atoms with Crippen molar-refractivity contribution in [2.24, 2.45) is 5.92 Å². The molecular formula is C16H25N3O2S3. The predicted octanol–water partition coefficient (Wildman–Crippen LogP) is 2.51. The number of rotatable bonds is 3. The summed E-state index contributed by atoms with van der Waals surface area (Å²) in [4.78, 5) is 2.11. The van der Waals surface area contributed by atoms with Gasteiger partial charge in [0.05, 0.1) is 0 Å². The summed E-state index contributed by atoms with van der Waals surface area (Å²) >= 11 is 6.84. The highest BCUT2D eigenvalue weighted by molar-refractivity contribution is 7.91. The van der Waals surface area contributed by atoms with Crippen LogP contribution in [0, 0.1) is 5.92 Å². The molecule has 0 amide bonds. The second-order valence-electron chi connectivity index (χ2n) is 6.64. The summed E-state index contributed by atoms with van der Waals surface area (Å²) < 4.78 is 27.1. The number of piperazine rings is 1. The Balaban J connectivity index is 1.54. The highest BCUT2D eigenvalue weighted by Crippen LogP contribution is 2.25. The van der Waals surface area contributed by atoms with Gasteiger partial charge < -0.3 is 10.2 Å². The quantitative estimate of drug-likeness (QED) is 0.808. The normalized spacial score (nSPS) is 26.3. The van der Waals surface area contributed by atoms with Gasteiger partial charge in [0.2, 0.25) is 0 Å². The zero-order valence-corrected chi connectivity index (χ0v) is 16.4. The highest BCUT2D eigenvalue weighted by atomic mass is 32.2. The third-order valence-corrected chi connectivity index (χ3v) is 8.68. The van der Waals surface area contributed by atoms with E-state index in [-0.39, 0.29) is 0 Å². The third-order valence-electron chi connectivity index (χ3n) is 5.04. The summed E-state index contributed by atoms with van der Waals surface area (Å²) in [5.74, 6) is 0.650. The van der Waals surface area contributed by atoms with E-state index >= 15 is 0 Å². The van der Waals surface area contributed by atoms with E-state index in [1.807, 2.05) is 0 Å². The summed E-state index contributed by atoms with van der Waals surface area (Å²) in [5, 5.41) is 6.09. The van der Waals surface area contributed by atoms with Gasteiger partial charge in [-0.2, -0.15) is 4.31 Å². The fourth-order valence-electron chi connectivity index (χ4n) is 3.45. The zero-order valence-electron chi connectivity index (χ0n) is 14.0. The van der Waals surface area contributed by atoms with Gasteiger partial charge in [-0.1, -0.05) is 25.8 Å². The molecule has 0 unspecified atom stereocenters. The maximum absolute atomic E-state index is 12.6. The smallest absolute Gasteiger partial charge is 0.252 e. The molecule has 1 saturated carbocycles. The molecule has 2 atom stereocenters.